The van der Waals surface area contributed by atoms with Gasteiger partial charge in [0.2, 0.25) is 0 Å². The van der Waals surface area contributed by atoms with E-state index in [2.05, 4.69) is 32.5 Å². The molecule has 1 heterocycles. The van der Waals surface area contributed by atoms with Gasteiger partial charge >= 0.3 is 0 Å². The van der Waals surface area contributed by atoms with Gasteiger partial charge in [0.15, 0.2) is 0 Å². The van der Waals surface area contributed by atoms with Crippen LogP contribution in [0.25, 0.3) is 0 Å². The molecule has 0 aliphatic heterocycles. The van der Waals surface area contributed by atoms with Gasteiger partial charge in [-0.1, -0.05) is 19.3 Å². The van der Waals surface area contributed by atoms with Gasteiger partial charge in [-0.05, 0) is 70.4 Å². The molecule has 0 saturated heterocycles. The minimum Gasteiger partial charge on any atom is -0.329 e. The summed E-state index contributed by atoms with van der Waals surface area (Å²) >= 11 is 1.85. The van der Waals surface area contributed by atoms with Crippen LogP contribution in [-0.2, 0) is 0 Å². The molecule has 1 aliphatic carbocycles. The maximum absolute atomic E-state index is 4.56. The lowest BCUT2D eigenvalue weighted by atomic mass is 10.0. The first-order chi connectivity index (χ1) is 10.8. The van der Waals surface area contributed by atoms with Crippen LogP contribution in [0.1, 0.15) is 56.7 Å². The Kier molecular flexibility index (Phi) is 8.05. The first-order valence-electron chi connectivity index (χ1n) is 8.53. The minimum atomic E-state index is 0.358. The molecule has 1 unspecified atom stereocenters. The monoisotopic (exact) mass is 322 g/mol. The Morgan fingerprint density at radius 3 is 2.77 bits per heavy atom. The molecule has 5 heteroatoms. The zero-order chi connectivity index (χ0) is 15.6. The Hall–Kier alpha value is -0.780. The van der Waals surface area contributed by atoms with E-state index in [9.17, 15) is 0 Å². The number of nitrogens with zero attached hydrogens (tertiary/aromatic N) is 1. The average molecular weight is 323 g/mol. The van der Waals surface area contributed by atoms with Crippen molar-refractivity contribution in [1.82, 2.24) is 15.6 Å². The number of rotatable bonds is 12. The van der Waals surface area contributed by atoms with Crippen molar-refractivity contribution in [3.05, 3.63) is 24.0 Å². The quantitative estimate of drug-likeness (QED) is 0.404. The first-order valence-corrected chi connectivity index (χ1v) is 9.41. The van der Waals surface area contributed by atoms with E-state index in [0.717, 1.165) is 23.9 Å². The lowest BCUT2D eigenvalue weighted by Gasteiger charge is -2.16. The molecule has 0 aromatic carbocycles. The number of pyridine rings is 1. The molecule has 3 N–H and O–H groups in total. The van der Waals surface area contributed by atoms with Crippen LogP contribution in [-0.4, -0.2) is 30.9 Å². The number of unbranched alkanes of at least 4 members (excludes halogenated alkanes) is 3. The molecule has 0 radical (unpaired) electrons. The first kappa shape index (κ1) is 17.6. The molecular weight excluding hydrogens is 292 g/mol. The predicted octanol–water partition coefficient (Wildman–Crippen LogP) is 3.73. The minimum absolute atomic E-state index is 0.358. The number of nitrogens with one attached hydrogen (secondary N) is 3. The second-order valence-electron chi connectivity index (χ2n) is 6.04. The Morgan fingerprint density at radius 2 is 2.05 bits per heavy atom. The van der Waals surface area contributed by atoms with E-state index in [0.29, 0.717) is 6.04 Å². The summed E-state index contributed by atoms with van der Waals surface area (Å²) < 4.78 is 3.46. The highest BCUT2D eigenvalue weighted by atomic mass is 32.2. The van der Waals surface area contributed by atoms with Gasteiger partial charge in [0.1, 0.15) is 0 Å². The van der Waals surface area contributed by atoms with Gasteiger partial charge in [-0.25, -0.2) is 0 Å². The lowest BCUT2D eigenvalue weighted by molar-refractivity contribution is 0.491. The van der Waals surface area contributed by atoms with E-state index in [-0.39, 0.29) is 0 Å². The molecule has 2 rings (SSSR count). The average Bonchev–Trinajstić information content (AvgIpc) is 3.37. The van der Waals surface area contributed by atoms with Gasteiger partial charge in [0.25, 0.3) is 0 Å². The van der Waals surface area contributed by atoms with Gasteiger partial charge in [0, 0.05) is 23.2 Å². The van der Waals surface area contributed by atoms with Gasteiger partial charge in [-0.3, -0.25) is 4.98 Å². The Balaban J connectivity index is 1.74. The number of aromatic nitrogens is 1. The number of hydrogen-bond donors (Lipinski definition) is 3. The van der Waals surface area contributed by atoms with Crippen LogP contribution in [0.3, 0.4) is 0 Å². The highest BCUT2D eigenvalue weighted by Gasteiger charge is 2.22. The van der Waals surface area contributed by atoms with E-state index in [1.165, 1.54) is 44.2 Å². The van der Waals surface area contributed by atoms with Crippen LogP contribution >= 0.6 is 11.9 Å². The fraction of sp³-hybridized carbons (Fsp3) is 0.706. The second-order valence-corrected chi connectivity index (χ2v) is 7.14. The predicted molar refractivity (Wildman–Crippen MR) is 97.3 cm³/mol. The summed E-state index contributed by atoms with van der Waals surface area (Å²) in [5.74, 6) is 0. The van der Waals surface area contributed by atoms with Crippen molar-refractivity contribution in [3.8, 4) is 0 Å². The van der Waals surface area contributed by atoms with Crippen molar-refractivity contribution in [2.24, 2.45) is 0 Å². The fourth-order valence-electron chi connectivity index (χ4n) is 2.48. The third-order valence-electron chi connectivity index (χ3n) is 4.02. The van der Waals surface area contributed by atoms with Crippen LogP contribution in [0.2, 0.25) is 0 Å². The number of hydrogen-bond acceptors (Lipinski definition) is 5. The van der Waals surface area contributed by atoms with Gasteiger partial charge in [-0.15, -0.1) is 0 Å². The summed E-state index contributed by atoms with van der Waals surface area (Å²) in [4.78, 5) is 4.56. The molecule has 1 aromatic rings. The van der Waals surface area contributed by atoms with Crippen molar-refractivity contribution >= 4 is 17.6 Å². The molecule has 124 valence electrons. The Morgan fingerprint density at radius 1 is 1.23 bits per heavy atom. The summed E-state index contributed by atoms with van der Waals surface area (Å²) in [5.41, 5.74) is 2.33. The van der Waals surface area contributed by atoms with E-state index in [1.54, 1.807) is 0 Å². The summed E-state index contributed by atoms with van der Waals surface area (Å²) in [6.07, 6.45) is 10.9. The fourth-order valence-corrected chi connectivity index (χ4v) is 3.29. The van der Waals surface area contributed by atoms with Gasteiger partial charge in [-0.2, -0.15) is 0 Å². The Bertz CT molecular complexity index is 423. The maximum atomic E-state index is 4.56. The largest absolute Gasteiger partial charge is 0.329 e. The van der Waals surface area contributed by atoms with E-state index >= 15 is 0 Å². The maximum Gasteiger partial charge on any atom is 0.0593 e. The van der Waals surface area contributed by atoms with Gasteiger partial charge in [0.05, 0.1) is 5.69 Å². The van der Waals surface area contributed by atoms with Crippen molar-refractivity contribution < 1.29 is 0 Å². The Labute approximate surface area is 139 Å². The molecule has 1 aromatic heterocycles. The smallest absolute Gasteiger partial charge is 0.0593 e. The van der Waals surface area contributed by atoms with Crippen LogP contribution in [0.5, 0.6) is 0 Å². The summed E-state index contributed by atoms with van der Waals surface area (Å²) in [5, 5.41) is 7.43. The van der Waals surface area contributed by atoms with E-state index < -0.39 is 0 Å². The third kappa shape index (κ3) is 6.55. The standard InChI is InChI=1S/C17H30N4S/c1-18-11-6-4-3-5-7-16(19-2)17-13-14(10-12-20-17)21-22-15-8-9-15/h10,12-13,15-16,18-19H,3-9,11H2,1-2H3,(H,20,21). The molecule has 1 fully saturated rings. The molecule has 1 atom stereocenters. The lowest BCUT2D eigenvalue weighted by Crippen LogP contribution is -2.17. The van der Waals surface area contributed by atoms with Crippen LogP contribution in [0.4, 0.5) is 5.69 Å². The van der Waals surface area contributed by atoms with Crippen LogP contribution < -0.4 is 15.4 Å². The van der Waals surface area contributed by atoms with E-state index in [4.69, 9.17) is 0 Å². The highest BCUT2D eigenvalue weighted by molar-refractivity contribution is 8.01. The normalized spacial score (nSPS) is 15.7. The SMILES string of the molecule is CNCCCCCCC(NC)c1cc(NSC2CC2)ccn1. The summed E-state index contributed by atoms with van der Waals surface area (Å²) in [6.45, 7) is 1.13. The molecule has 0 spiro atoms. The van der Waals surface area contributed by atoms with Crippen molar-refractivity contribution in [1.29, 1.82) is 0 Å². The zero-order valence-electron chi connectivity index (χ0n) is 13.9. The molecule has 0 amide bonds. The highest BCUT2D eigenvalue weighted by Crippen LogP contribution is 2.34. The van der Waals surface area contributed by atoms with Crippen molar-refractivity contribution in [3.63, 3.8) is 0 Å². The molecule has 22 heavy (non-hydrogen) atoms. The molecule has 0 bridgehead atoms. The van der Waals surface area contributed by atoms with Crippen molar-refractivity contribution in [2.75, 3.05) is 25.4 Å². The van der Waals surface area contributed by atoms with Crippen LogP contribution in [0.15, 0.2) is 18.3 Å². The number of anilines is 1. The van der Waals surface area contributed by atoms with Gasteiger partial charge < -0.3 is 15.4 Å². The van der Waals surface area contributed by atoms with Crippen LogP contribution in [0, 0.1) is 0 Å². The molecule has 1 aliphatic rings. The molecule has 4 nitrogen and oxygen atoms in total. The zero-order valence-corrected chi connectivity index (χ0v) is 14.7. The topological polar surface area (TPSA) is 49.0 Å². The summed E-state index contributed by atoms with van der Waals surface area (Å²) in [6, 6.07) is 4.61. The third-order valence-corrected chi connectivity index (χ3v) is 5.18. The summed E-state index contributed by atoms with van der Waals surface area (Å²) in [7, 11) is 4.05. The van der Waals surface area contributed by atoms with Crippen molar-refractivity contribution in [2.45, 2.75) is 56.2 Å². The van der Waals surface area contributed by atoms with E-state index in [1.807, 2.05) is 32.2 Å². The molecule has 1 saturated carbocycles. The molecular formula is C17H30N4S. The second kappa shape index (κ2) is 10.1.